The number of nitrogens with one attached hydrogen (secondary N) is 1. The molecule has 3 nitrogen and oxygen atoms in total. The number of carbonyl (C=O) groups excluding carboxylic acids is 2. The Morgan fingerprint density at radius 2 is 1.76 bits per heavy atom. The first-order valence-corrected chi connectivity index (χ1v) is 7.77. The predicted octanol–water partition coefficient (Wildman–Crippen LogP) is 4.04. The fourth-order valence-electron chi connectivity index (χ4n) is 1.56. The average Bonchev–Trinajstić information content (AvgIpc) is 2.49. The normalized spacial score (nSPS) is 10.2. The molecule has 0 aliphatic carbocycles. The predicted molar refractivity (Wildman–Crippen MR) is 86.1 cm³/mol. The first kappa shape index (κ1) is 15.9. The number of thioether (sulfide) groups is 1. The lowest BCUT2D eigenvalue weighted by Gasteiger charge is -2.06. The number of halogens is 2. The quantitative estimate of drug-likeness (QED) is 0.855. The molecule has 2 amide bonds. The lowest BCUT2D eigenvalue weighted by Crippen LogP contribution is -2.31. The van der Waals surface area contributed by atoms with E-state index in [-0.39, 0.29) is 11.7 Å². The highest BCUT2D eigenvalue weighted by molar-refractivity contribution is 8.00. The maximum absolute atomic E-state index is 11.8. The lowest BCUT2D eigenvalue weighted by atomic mass is 10.2. The molecule has 0 aliphatic rings. The Morgan fingerprint density at radius 1 is 1.05 bits per heavy atom. The molecule has 0 fully saturated rings. The van der Waals surface area contributed by atoms with Gasteiger partial charge in [-0.05, 0) is 30.3 Å². The Morgan fingerprint density at radius 3 is 2.48 bits per heavy atom. The largest absolute Gasteiger partial charge is 0.292 e. The summed E-state index contributed by atoms with van der Waals surface area (Å²) in [5.74, 6) is -0.721. The number of benzene rings is 2. The highest BCUT2D eigenvalue weighted by Gasteiger charge is 2.11. The number of imide groups is 1. The highest BCUT2D eigenvalue weighted by atomic mass is 35.5. The zero-order valence-corrected chi connectivity index (χ0v) is 13.1. The van der Waals surface area contributed by atoms with Crippen LogP contribution in [0.1, 0.15) is 10.4 Å². The van der Waals surface area contributed by atoms with Gasteiger partial charge in [-0.15, -0.1) is 11.8 Å². The Kier molecular flexibility index (Phi) is 5.67. The molecule has 0 atom stereocenters. The lowest BCUT2D eigenvalue weighted by molar-refractivity contribution is -0.117. The van der Waals surface area contributed by atoms with E-state index in [2.05, 4.69) is 5.32 Å². The van der Waals surface area contributed by atoms with Crippen LogP contribution in [0.15, 0.2) is 53.4 Å². The SMILES string of the molecule is O=C(CSc1cc(Cl)ccc1Cl)NC(=O)c1ccccc1. The summed E-state index contributed by atoms with van der Waals surface area (Å²) >= 11 is 13.1. The summed E-state index contributed by atoms with van der Waals surface area (Å²) in [4.78, 5) is 24.3. The van der Waals surface area contributed by atoms with Crippen molar-refractivity contribution in [1.82, 2.24) is 5.32 Å². The number of hydrogen-bond donors (Lipinski definition) is 1. The third-order valence-electron chi connectivity index (χ3n) is 2.54. The summed E-state index contributed by atoms with van der Waals surface area (Å²) in [7, 11) is 0. The molecule has 0 spiro atoms. The minimum Gasteiger partial charge on any atom is -0.292 e. The van der Waals surface area contributed by atoms with E-state index in [0.29, 0.717) is 20.5 Å². The summed E-state index contributed by atoms with van der Waals surface area (Å²) in [6.07, 6.45) is 0. The Hall–Kier alpha value is -1.49. The third-order valence-corrected chi connectivity index (χ3v) is 4.27. The van der Waals surface area contributed by atoms with Crippen LogP contribution in [0.4, 0.5) is 0 Å². The maximum Gasteiger partial charge on any atom is 0.257 e. The van der Waals surface area contributed by atoms with Gasteiger partial charge in [0.2, 0.25) is 5.91 Å². The zero-order valence-electron chi connectivity index (χ0n) is 10.8. The summed E-state index contributed by atoms with van der Waals surface area (Å²) in [5, 5.41) is 3.39. The summed E-state index contributed by atoms with van der Waals surface area (Å²) in [6.45, 7) is 0. The van der Waals surface area contributed by atoms with E-state index in [1.54, 1.807) is 48.5 Å². The van der Waals surface area contributed by atoms with Gasteiger partial charge in [0.05, 0.1) is 10.8 Å². The molecule has 0 radical (unpaired) electrons. The molecule has 0 aromatic heterocycles. The van der Waals surface area contributed by atoms with E-state index >= 15 is 0 Å². The van der Waals surface area contributed by atoms with Crippen LogP contribution in [-0.4, -0.2) is 17.6 Å². The Bertz CT molecular complexity index is 662. The molecular formula is C15H11Cl2NO2S. The molecular weight excluding hydrogens is 329 g/mol. The fourth-order valence-corrected chi connectivity index (χ4v) is 2.85. The molecule has 0 saturated carbocycles. The molecule has 6 heteroatoms. The van der Waals surface area contributed by atoms with Gasteiger partial charge < -0.3 is 0 Å². The highest BCUT2D eigenvalue weighted by Crippen LogP contribution is 2.29. The number of rotatable bonds is 4. The molecule has 0 bridgehead atoms. The topological polar surface area (TPSA) is 46.2 Å². The van der Waals surface area contributed by atoms with Crippen LogP contribution >= 0.6 is 35.0 Å². The van der Waals surface area contributed by atoms with E-state index in [1.807, 2.05) is 0 Å². The third kappa shape index (κ3) is 4.77. The average molecular weight is 340 g/mol. The van der Waals surface area contributed by atoms with Crippen molar-refractivity contribution < 1.29 is 9.59 Å². The number of amides is 2. The van der Waals surface area contributed by atoms with Gasteiger partial charge in [0.25, 0.3) is 5.91 Å². The van der Waals surface area contributed by atoms with Gasteiger partial charge in [0.15, 0.2) is 0 Å². The molecule has 108 valence electrons. The van der Waals surface area contributed by atoms with E-state index in [1.165, 1.54) is 11.8 Å². The minimum atomic E-state index is -0.418. The smallest absolute Gasteiger partial charge is 0.257 e. The molecule has 21 heavy (non-hydrogen) atoms. The van der Waals surface area contributed by atoms with E-state index in [9.17, 15) is 9.59 Å². The van der Waals surface area contributed by atoms with Gasteiger partial charge in [-0.2, -0.15) is 0 Å². The molecule has 1 N–H and O–H groups in total. The fraction of sp³-hybridized carbons (Fsp3) is 0.0667. The van der Waals surface area contributed by atoms with Crippen LogP contribution in [0.5, 0.6) is 0 Å². The van der Waals surface area contributed by atoms with Crippen LogP contribution in [0.2, 0.25) is 10.0 Å². The molecule has 0 heterocycles. The summed E-state index contributed by atoms with van der Waals surface area (Å²) in [6, 6.07) is 13.6. The van der Waals surface area contributed by atoms with Crippen molar-refractivity contribution in [3.63, 3.8) is 0 Å². The Balaban J connectivity index is 1.91. The zero-order chi connectivity index (χ0) is 15.2. The van der Waals surface area contributed by atoms with Gasteiger partial charge in [0, 0.05) is 15.5 Å². The van der Waals surface area contributed by atoms with Crippen LogP contribution in [-0.2, 0) is 4.79 Å². The minimum absolute atomic E-state index is 0.0820. The molecule has 2 aromatic rings. The van der Waals surface area contributed by atoms with Gasteiger partial charge in [0.1, 0.15) is 0 Å². The van der Waals surface area contributed by atoms with Crippen molar-refractivity contribution in [1.29, 1.82) is 0 Å². The standard InChI is InChI=1S/C15H11Cl2NO2S/c16-11-6-7-12(17)13(8-11)21-9-14(19)18-15(20)10-4-2-1-3-5-10/h1-8H,9H2,(H,18,19,20). The first-order chi connectivity index (χ1) is 10.1. The van der Waals surface area contributed by atoms with E-state index in [0.717, 1.165) is 0 Å². The monoisotopic (exact) mass is 339 g/mol. The molecule has 2 aromatic carbocycles. The van der Waals surface area contributed by atoms with Crippen molar-refractivity contribution in [3.8, 4) is 0 Å². The van der Waals surface area contributed by atoms with Crippen LogP contribution < -0.4 is 5.32 Å². The second kappa shape index (κ2) is 7.50. The maximum atomic E-state index is 11.8. The van der Waals surface area contributed by atoms with Gasteiger partial charge >= 0.3 is 0 Å². The molecule has 0 aliphatic heterocycles. The van der Waals surface area contributed by atoms with E-state index in [4.69, 9.17) is 23.2 Å². The van der Waals surface area contributed by atoms with Gasteiger partial charge in [-0.25, -0.2) is 0 Å². The van der Waals surface area contributed by atoms with Crippen molar-refractivity contribution in [2.75, 3.05) is 5.75 Å². The van der Waals surface area contributed by atoms with Crippen molar-refractivity contribution in [3.05, 3.63) is 64.1 Å². The number of hydrogen-bond acceptors (Lipinski definition) is 3. The Labute approximate surface area is 136 Å². The van der Waals surface area contributed by atoms with Gasteiger partial charge in [-0.3, -0.25) is 14.9 Å². The van der Waals surface area contributed by atoms with Crippen LogP contribution in [0, 0.1) is 0 Å². The van der Waals surface area contributed by atoms with Gasteiger partial charge in [-0.1, -0.05) is 41.4 Å². The second-order valence-electron chi connectivity index (χ2n) is 4.11. The summed E-state index contributed by atoms with van der Waals surface area (Å²) < 4.78 is 0. The molecule has 2 rings (SSSR count). The van der Waals surface area contributed by atoms with E-state index < -0.39 is 5.91 Å². The molecule has 0 unspecified atom stereocenters. The first-order valence-electron chi connectivity index (χ1n) is 6.03. The summed E-state index contributed by atoms with van der Waals surface area (Å²) in [5.41, 5.74) is 0.441. The van der Waals surface area contributed by atoms with Crippen molar-refractivity contribution in [2.45, 2.75) is 4.90 Å². The van der Waals surface area contributed by atoms with Crippen molar-refractivity contribution in [2.24, 2.45) is 0 Å². The van der Waals surface area contributed by atoms with Crippen LogP contribution in [0.3, 0.4) is 0 Å². The van der Waals surface area contributed by atoms with Crippen molar-refractivity contribution >= 4 is 46.8 Å². The van der Waals surface area contributed by atoms with Crippen LogP contribution in [0.25, 0.3) is 0 Å². The molecule has 0 saturated heterocycles. The second-order valence-corrected chi connectivity index (χ2v) is 5.97. The number of carbonyl (C=O) groups is 2.